The van der Waals surface area contributed by atoms with Gasteiger partial charge in [-0.05, 0) is 0 Å². The van der Waals surface area contributed by atoms with Gasteiger partial charge in [0.2, 0.25) is 0 Å². The van der Waals surface area contributed by atoms with Crippen LogP contribution in [0.25, 0.3) is 0 Å². The minimum atomic E-state index is 0.900. The molecular formula is C7H15In. The first kappa shape index (κ1) is 8.87. The van der Waals surface area contributed by atoms with E-state index in [1.54, 1.807) is 0 Å². The van der Waals surface area contributed by atoms with E-state index in [4.69, 9.17) is 0 Å². The first-order valence-corrected chi connectivity index (χ1v) is 5.21. The third kappa shape index (κ3) is 3.01. The molecule has 0 aliphatic heterocycles. The molecular weight excluding hydrogens is 199 g/mol. The Labute approximate surface area is 67.6 Å². The molecule has 0 bridgehead atoms. The number of hydrogen-bond acceptors (Lipinski definition) is 0. The first-order valence-electron chi connectivity index (χ1n) is 3.31. The van der Waals surface area contributed by atoms with Crippen molar-refractivity contribution < 1.29 is 0 Å². The molecule has 0 rings (SSSR count). The maximum atomic E-state index is 2.31. The molecule has 0 atom stereocenters. The SMILES string of the molecule is CC(C)[CH]([In])C(C)C. The van der Waals surface area contributed by atoms with Crippen molar-refractivity contribution in [3.63, 3.8) is 0 Å². The van der Waals surface area contributed by atoms with Crippen LogP contribution >= 0.6 is 0 Å². The van der Waals surface area contributed by atoms with Crippen LogP contribution in [0.2, 0.25) is 3.67 Å². The summed E-state index contributed by atoms with van der Waals surface area (Å²) >= 11 is 1.42. The Balaban J connectivity index is 3.46. The molecule has 46 valence electrons. The predicted molar refractivity (Wildman–Crippen MR) is 39.2 cm³/mol. The van der Waals surface area contributed by atoms with Crippen molar-refractivity contribution in [2.45, 2.75) is 31.4 Å². The number of hydrogen-bond donors (Lipinski definition) is 0. The summed E-state index contributed by atoms with van der Waals surface area (Å²) in [6, 6.07) is 0. The molecule has 0 aromatic carbocycles. The fourth-order valence-corrected chi connectivity index (χ4v) is 0.770. The van der Waals surface area contributed by atoms with Gasteiger partial charge in [-0.1, -0.05) is 0 Å². The summed E-state index contributed by atoms with van der Waals surface area (Å²) in [5.74, 6) is 1.80. The average Bonchev–Trinajstić information content (AvgIpc) is 1.64. The van der Waals surface area contributed by atoms with Crippen LogP contribution < -0.4 is 0 Å². The van der Waals surface area contributed by atoms with E-state index in [1.165, 1.54) is 24.4 Å². The Bertz CT molecular complexity index is 49.4. The van der Waals surface area contributed by atoms with Gasteiger partial charge in [0.25, 0.3) is 0 Å². The second-order valence-electron chi connectivity index (χ2n) is 3.07. The van der Waals surface area contributed by atoms with Gasteiger partial charge in [0, 0.05) is 0 Å². The average molecular weight is 214 g/mol. The second-order valence-corrected chi connectivity index (χ2v) is 5.26. The van der Waals surface area contributed by atoms with E-state index in [-0.39, 0.29) is 0 Å². The monoisotopic (exact) mass is 214 g/mol. The fourth-order valence-electron chi connectivity index (χ4n) is 0.770. The zero-order valence-electron chi connectivity index (χ0n) is 6.31. The molecule has 0 aromatic rings. The van der Waals surface area contributed by atoms with E-state index in [2.05, 4.69) is 27.7 Å². The van der Waals surface area contributed by atoms with Gasteiger partial charge in [0.15, 0.2) is 0 Å². The third-order valence-electron chi connectivity index (χ3n) is 1.54. The van der Waals surface area contributed by atoms with Gasteiger partial charge in [0.1, 0.15) is 0 Å². The Morgan fingerprint density at radius 1 is 0.875 bits per heavy atom. The molecule has 0 aliphatic rings. The van der Waals surface area contributed by atoms with Crippen molar-refractivity contribution in [2.75, 3.05) is 0 Å². The summed E-state index contributed by atoms with van der Waals surface area (Å²) in [6.07, 6.45) is 0. The van der Waals surface area contributed by atoms with E-state index in [9.17, 15) is 0 Å². The van der Waals surface area contributed by atoms with Gasteiger partial charge in [-0.3, -0.25) is 0 Å². The Morgan fingerprint density at radius 2 is 1.12 bits per heavy atom. The van der Waals surface area contributed by atoms with E-state index in [0.29, 0.717) is 0 Å². The summed E-state index contributed by atoms with van der Waals surface area (Å²) in [7, 11) is 0. The van der Waals surface area contributed by atoms with Crippen LogP contribution in [0.5, 0.6) is 0 Å². The molecule has 0 aliphatic carbocycles. The molecule has 0 saturated heterocycles. The Hall–Kier alpha value is 0.870. The van der Waals surface area contributed by atoms with E-state index >= 15 is 0 Å². The molecule has 0 saturated carbocycles. The van der Waals surface area contributed by atoms with Crippen molar-refractivity contribution in [3.8, 4) is 0 Å². The van der Waals surface area contributed by atoms with Gasteiger partial charge in [-0.25, -0.2) is 0 Å². The topological polar surface area (TPSA) is 0 Å². The summed E-state index contributed by atoms with van der Waals surface area (Å²) in [6.45, 7) is 9.26. The van der Waals surface area contributed by atoms with Crippen molar-refractivity contribution in [1.82, 2.24) is 0 Å². The van der Waals surface area contributed by atoms with Gasteiger partial charge in [-0.15, -0.1) is 0 Å². The number of rotatable bonds is 2. The second kappa shape index (κ2) is 3.81. The molecule has 0 unspecified atom stereocenters. The molecule has 0 nitrogen and oxygen atoms in total. The summed E-state index contributed by atoms with van der Waals surface area (Å²) in [4.78, 5) is 0. The normalized spacial score (nSPS) is 11.9. The summed E-state index contributed by atoms with van der Waals surface area (Å²) in [5.41, 5.74) is 0. The Morgan fingerprint density at radius 3 is 1.12 bits per heavy atom. The van der Waals surface area contributed by atoms with Crippen molar-refractivity contribution in [3.05, 3.63) is 0 Å². The molecule has 2 radical (unpaired) electrons. The summed E-state index contributed by atoms with van der Waals surface area (Å²) in [5, 5.41) is 0. The van der Waals surface area contributed by atoms with Crippen LogP contribution in [0.3, 0.4) is 0 Å². The van der Waals surface area contributed by atoms with E-state index in [1.807, 2.05) is 0 Å². The minimum absolute atomic E-state index is 0.900. The molecule has 8 heavy (non-hydrogen) atoms. The molecule has 1 heteroatoms. The van der Waals surface area contributed by atoms with Gasteiger partial charge in [-0.2, -0.15) is 0 Å². The molecule has 0 amide bonds. The van der Waals surface area contributed by atoms with Crippen molar-refractivity contribution in [1.29, 1.82) is 0 Å². The van der Waals surface area contributed by atoms with Gasteiger partial charge < -0.3 is 0 Å². The zero-order chi connectivity index (χ0) is 6.73. The summed E-state index contributed by atoms with van der Waals surface area (Å²) < 4.78 is 1.00. The van der Waals surface area contributed by atoms with Crippen molar-refractivity contribution >= 4 is 24.4 Å². The standard InChI is InChI=1S/C7H15.In/c1-6(2)5-7(3)4;/h5-7H,1-4H3;. The quantitative estimate of drug-likeness (QED) is 0.661. The maximum absolute atomic E-state index is 2.31. The van der Waals surface area contributed by atoms with Crippen LogP contribution in [0, 0.1) is 11.8 Å². The van der Waals surface area contributed by atoms with Crippen molar-refractivity contribution in [2.24, 2.45) is 11.8 Å². The van der Waals surface area contributed by atoms with Crippen LogP contribution in [0.1, 0.15) is 27.7 Å². The van der Waals surface area contributed by atoms with E-state index in [0.717, 1.165) is 15.5 Å². The molecule has 0 spiro atoms. The Kier molecular flexibility index (Phi) is 4.23. The fraction of sp³-hybridized carbons (Fsp3) is 1.00. The molecule has 0 fully saturated rings. The predicted octanol–water partition coefficient (Wildman–Crippen LogP) is 2.26. The first-order chi connectivity index (χ1) is 3.55. The third-order valence-corrected chi connectivity index (χ3v) is 5.93. The molecule has 0 heterocycles. The van der Waals surface area contributed by atoms with Gasteiger partial charge in [0.05, 0.1) is 0 Å². The van der Waals surface area contributed by atoms with Crippen LogP contribution in [-0.4, -0.2) is 24.4 Å². The molecule has 0 N–H and O–H groups in total. The molecule has 0 aromatic heterocycles. The zero-order valence-corrected chi connectivity index (χ0v) is 9.61. The van der Waals surface area contributed by atoms with Crippen LogP contribution in [-0.2, 0) is 0 Å². The van der Waals surface area contributed by atoms with Gasteiger partial charge >= 0.3 is 67.6 Å². The van der Waals surface area contributed by atoms with E-state index < -0.39 is 0 Å². The van der Waals surface area contributed by atoms with Crippen LogP contribution in [0.15, 0.2) is 0 Å². The van der Waals surface area contributed by atoms with Crippen LogP contribution in [0.4, 0.5) is 0 Å².